The third kappa shape index (κ3) is 2.79. The molecule has 0 spiro atoms. The SMILES string of the molecule is O=C(O)c1ccncc1Oc1cncc(Br)c1. The van der Waals surface area contributed by atoms with Crippen LogP contribution in [0.3, 0.4) is 0 Å². The average molecular weight is 295 g/mol. The highest BCUT2D eigenvalue weighted by molar-refractivity contribution is 9.10. The van der Waals surface area contributed by atoms with Crippen molar-refractivity contribution in [1.82, 2.24) is 9.97 Å². The van der Waals surface area contributed by atoms with Crippen LogP contribution in [0.1, 0.15) is 10.4 Å². The van der Waals surface area contributed by atoms with Crippen LogP contribution < -0.4 is 4.74 Å². The van der Waals surface area contributed by atoms with Gasteiger partial charge in [0.05, 0.1) is 12.4 Å². The second kappa shape index (κ2) is 4.92. The largest absolute Gasteiger partial charge is 0.478 e. The monoisotopic (exact) mass is 294 g/mol. The van der Waals surface area contributed by atoms with Crippen LogP contribution >= 0.6 is 15.9 Å². The number of pyridine rings is 2. The molecule has 0 aliphatic carbocycles. The molecule has 0 radical (unpaired) electrons. The van der Waals surface area contributed by atoms with E-state index in [1.807, 2.05) is 0 Å². The molecule has 1 N–H and O–H groups in total. The Balaban J connectivity index is 2.33. The van der Waals surface area contributed by atoms with Gasteiger partial charge in [-0.15, -0.1) is 0 Å². The smallest absolute Gasteiger partial charge is 0.339 e. The normalized spacial score (nSPS) is 9.94. The van der Waals surface area contributed by atoms with E-state index in [4.69, 9.17) is 9.84 Å². The Morgan fingerprint density at radius 3 is 2.82 bits per heavy atom. The first-order chi connectivity index (χ1) is 8.16. The zero-order valence-electron chi connectivity index (χ0n) is 8.50. The van der Waals surface area contributed by atoms with Crippen LogP contribution in [-0.4, -0.2) is 21.0 Å². The minimum Gasteiger partial charge on any atom is -0.478 e. The topological polar surface area (TPSA) is 72.3 Å². The Morgan fingerprint density at radius 1 is 1.29 bits per heavy atom. The molecular formula is C11H7BrN2O3. The van der Waals surface area contributed by atoms with E-state index < -0.39 is 5.97 Å². The summed E-state index contributed by atoms with van der Waals surface area (Å²) in [5.41, 5.74) is 0.0555. The minimum absolute atomic E-state index is 0.0555. The fraction of sp³-hybridized carbons (Fsp3) is 0. The fourth-order valence-corrected chi connectivity index (χ4v) is 1.56. The predicted molar refractivity (Wildman–Crippen MR) is 63.2 cm³/mol. The van der Waals surface area contributed by atoms with Crippen LogP contribution in [0.5, 0.6) is 11.5 Å². The molecule has 2 aromatic heterocycles. The van der Waals surface area contributed by atoms with Gasteiger partial charge in [-0.05, 0) is 28.1 Å². The number of halogens is 1. The molecule has 0 aromatic carbocycles. The van der Waals surface area contributed by atoms with Gasteiger partial charge >= 0.3 is 5.97 Å². The summed E-state index contributed by atoms with van der Waals surface area (Å²) in [6, 6.07) is 3.06. The fourth-order valence-electron chi connectivity index (χ4n) is 1.21. The number of carbonyl (C=O) groups is 1. The van der Waals surface area contributed by atoms with E-state index in [0.717, 1.165) is 4.47 Å². The summed E-state index contributed by atoms with van der Waals surface area (Å²) in [5, 5.41) is 8.97. The zero-order valence-corrected chi connectivity index (χ0v) is 10.1. The molecule has 0 amide bonds. The van der Waals surface area contributed by atoms with Crippen LogP contribution in [0, 0.1) is 0 Å². The first-order valence-corrected chi connectivity index (χ1v) is 5.42. The van der Waals surface area contributed by atoms with E-state index in [9.17, 15) is 4.79 Å². The summed E-state index contributed by atoms with van der Waals surface area (Å²) in [7, 11) is 0. The van der Waals surface area contributed by atoms with Crippen molar-refractivity contribution in [3.63, 3.8) is 0 Å². The van der Waals surface area contributed by atoms with Gasteiger partial charge in [0.2, 0.25) is 0 Å². The van der Waals surface area contributed by atoms with Gasteiger partial charge in [0.15, 0.2) is 5.75 Å². The van der Waals surface area contributed by atoms with Gasteiger partial charge < -0.3 is 9.84 Å². The van der Waals surface area contributed by atoms with Crippen molar-refractivity contribution in [1.29, 1.82) is 0 Å². The second-order valence-corrected chi connectivity index (χ2v) is 4.03. The molecule has 2 heterocycles. The van der Waals surface area contributed by atoms with Crippen LogP contribution in [0.4, 0.5) is 0 Å². The summed E-state index contributed by atoms with van der Waals surface area (Å²) < 4.78 is 6.16. The standard InChI is InChI=1S/C11H7BrN2O3/c12-7-3-8(5-14-4-7)17-10-6-13-2-1-9(10)11(15)16/h1-6H,(H,15,16). The molecule has 17 heavy (non-hydrogen) atoms. The number of carboxylic acids is 1. The summed E-state index contributed by atoms with van der Waals surface area (Å²) in [5.74, 6) is -0.444. The summed E-state index contributed by atoms with van der Waals surface area (Å²) in [4.78, 5) is 18.7. The van der Waals surface area contributed by atoms with Gasteiger partial charge in [-0.1, -0.05) is 0 Å². The number of ether oxygens (including phenoxy) is 1. The zero-order chi connectivity index (χ0) is 12.3. The Bertz CT molecular complexity index is 560. The highest BCUT2D eigenvalue weighted by Crippen LogP contribution is 2.25. The first-order valence-electron chi connectivity index (χ1n) is 4.62. The van der Waals surface area contributed by atoms with E-state index in [0.29, 0.717) is 5.75 Å². The molecule has 0 atom stereocenters. The molecule has 0 aliphatic heterocycles. The van der Waals surface area contributed by atoms with Gasteiger partial charge in [-0.3, -0.25) is 9.97 Å². The maximum Gasteiger partial charge on any atom is 0.339 e. The lowest BCUT2D eigenvalue weighted by Gasteiger charge is -2.07. The van der Waals surface area contributed by atoms with Crippen LogP contribution in [0.25, 0.3) is 0 Å². The minimum atomic E-state index is -1.06. The van der Waals surface area contributed by atoms with Gasteiger partial charge in [0.1, 0.15) is 11.3 Å². The number of carboxylic acid groups (broad SMARTS) is 1. The van der Waals surface area contributed by atoms with E-state index in [-0.39, 0.29) is 11.3 Å². The van der Waals surface area contributed by atoms with Crippen molar-refractivity contribution < 1.29 is 14.6 Å². The molecule has 0 saturated heterocycles. The molecule has 0 saturated carbocycles. The number of nitrogens with zero attached hydrogens (tertiary/aromatic N) is 2. The molecule has 0 bridgehead atoms. The summed E-state index contributed by atoms with van der Waals surface area (Å²) in [6.45, 7) is 0. The number of hydrogen-bond acceptors (Lipinski definition) is 4. The molecule has 0 unspecified atom stereocenters. The number of rotatable bonds is 3. The lowest BCUT2D eigenvalue weighted by atomic mass is 10.2. The molecule has 0 aliphatic rings. The van der Waals surface area contributed by atoms with E-state index >= 15 is 0 Å². The van der Waals surface area contributed by atoms with E-state index in [1.54, 1.807) is 12.3 Å². The number of aromatic carboxylic acids is 1. The summed E-state index contributed by atoms with van der Waals surface area (Å²) in [6.07, 6.45) is 5.84. The van der Waals surface area contributed by atoms with Crippen molar-refractivity contribution in [2.45, 2.75) is 0 Å². The maximum absolute atomic E-state index is 10.9. The molecule has 6 heteroatoms. The van der Waals surface area contributed by atoms with Gasteiger partial charge in [0.25, 0.3) is 0 Å². The van der Waals surface area contributed by atoms with Gasteiger partial charge in [0, 0.05) is 16.9 Å². The predicted octanol–water partition coefficient (Wildman–Crippen LogP) is 2.73. The molecule has 86 valence electrons. The molecule has 2 rings (SSSR count). The lowest BCUT2D eigenvalue weighted by molar-refractivity contribution is 0.0694. The van der Waals surface area contributed by atoms with Crippen molar-refractivity contribution in [2.75, 3.05) is 0 Å². The van der Waals surface area contributed by atoms with Gasteiger partial charge in [-0.25, -0.2) is 4.79 Å². The second-order valence-electron chi connectivity index (χ2n) is 3.12. The quantitative estimate of drug-likeness (QED) is 0.942. The van der Waals surface area contributed by atoms with Crippen molar-refractivity contribution in [3.05, 3.63) is 47.0 Å². The Morgan fingerprint density at radius 2 is 2.12 bits per heavy atom. The van der Waals surface area contributed by atoms with Crippen LogP contribution in [0.2, 0.25) is 0 Å². The molecule has 2 aromatic rings. The first kappa shape index (κ1) is 11.5. The Kier molecular flexibility index (Phi) is 3.34. The van der Waals surface area contributed by atoms with Crippen molar-refractivity contribution in [2.24, 2.45) is 0 Å². The van der Waals surface area contributed by atoms with Crippen molar-refractivity contribution >= 4 is 21.9 Å². The highest BCUT2D eigenvalue weighted by atomic mass is 79.9. The van der Waals surface area contributed by atoms with E-state index in [1.165, 1.54) is 24.7 Å². The van der Waals surface area contributed by atoms with Crippen LogP contribution in [0.15, 0.2) is 41.4 Å². The number of aromatic nitrogens is 2. The maximum atomic E-state index is 10.9. The third-order valence-electron chi connectivity index (χ3n) is 1.92. The summed E-state index contributed by atoms with van der Waals surface area (Å²) >= 11 is 3.25. The average Bonchev–Trinajstić information content (AvgIpc) is 2.29. The van der Waals surface area contributed by atoms with Crippen LogP contribution in [-0.2, 0) is 0 Å². The van der Waals surface area contributed by atoms with Crippen molar-refractivity contribution in [3.8, 4) is 11.5 Å². The molecule has 5 nitrogen and oxygen atoms in total. The molecule has 0 fully saturated rings. The Hall–Kier alpha value is -1.95. The number of hydrogen-bond donors (Lipinski definition) is 1. The Labute approximate surface area is 105 Å². The third-order valence-corrected chi connectivity index (χ3v) is 2.36. The molecular weight excluding hydrogens is 288 g/mol. The van der Waals surface area contributed by atoms with Gasteiger partial charge in [-0.2, -0.15) is 0 Å². The lowest BCUT2D eigenvalue weighted by Crippen LogP contribution is -2.00. The van der Waals surface area contributed by atoms with E-state index in [2.05, 4.69) is 25.9 Å². The highest BCUT2D eigenvalue weighted by Gasteiger charge is 2.11.